The second-order valence-corrected chi connectivity index (χ2v) is 5.43. The summed E-state index contributed by atoms with van der Waals surface area (Å²) in [7, 11) is 1.66. The molecule has 1 aliphatic carbocycles. The van der Waals surface area contributed by atoms with Crippen LogP contribution in [0.3, 0.4) is 0 Å². The van der Waals surface area contributed by atoms with Gasteiger partial charge in [0.05, 0.1) is 12.7 Å². The molecular formula is C15H22O2. The van der Waals surface area contributed by atoms with Crippen molar-refractivity contribution in [3.63, 3.8) is 0 Å². The van der Waals surface area contributed by atoms with E-state index in [1.165, 1.54) is 0 Å². The lowest BCUT2D eigenvalue weighted by molar-refractivity contribution is -0.0351. The van der Waals surface area contributed by atoms with Crippen molar-refractivity contribution in [3.05, 3.63) is 29.8 Å². The van der Waals surface area contributed by atoms with E-state index < -0.39 is 5.60 Å². The number of rotatable bonds is 2. The maximum atomic E-state index is 10.9. The number of methoxy groups -OCH3 is 1. The SMILES string of the molecule is COc1ccccc1C1(O)CCC(C)C(C)C1. The van der Waals surface area contributed by atoms with Gasteiger partial charge in [0.2, 0.25) is 0 Å². The lowest BCUT2D eigenvalue weighted by Gasteiger charge is -2.39. The topological polar surface area (TPSA) is 29.5 Å². The van der Waals surface area contributed by atoms with Gasteiger partial charge in [0, 0.05) is 5.56 Å². The fourth-order valence-corrected chi connectivity index (χ4v) is 2.86. The third-order valence-electron chi connectivity index (χ3n) is 4.25. The molecule has 1 aliphatic rings. The van der Waals surface area contributed by atoms with Crippen LogP contribution in [-0.2, 0) is 5.60 Å². The van der Waals surface area contributed by atoms with Gasteiger partial charge < -0.3 is 9.84 Å². The number of para-hydroxylation sites is 1. The minimum atomic E-state index is -0.710. The molecule has 0 saturated heterocycles. The van der Waals surface area contributed by atoms with Crippen LogP contribution in [-0.4, -0.2) is 12.2 Å². The first-order valence-corrected chi connectivity index (χ1v) is 6.42. The minimum absolute atomic E-state index is 0.554. The molecule has 17 heavy (non-hydrogen) atoms. The first-order valence-electron chi connectivity index (χ1n) is 6.42. The van der Waals surface area contributed by atoms with Crippen LogP contribution in [0, 0.1) is 11.8 Å². The average molecular weight is 234 g/mol. The first-order chi connectivity index (χ1) is 8.07. The fourth-order valence-electron chi connectivity index (χ4n) is 2.86. The Kier molecular flexibility index (Phi) is 3.43. The predicted octanol–water partition coefficient (Wildman–Crippen LogP) is 3.34. The Morgan fingerprint density at radius 3 is 2.59 bits per heavy atom. The summed E-state index contributed by atoms with van der Waals surface area (Å²) >= 11 is 0. The Morgan fingerprint density at radius 2 is 1.94 bits per heavy atom. The van der Waals surface area contributed by atoms with Crippen molar-refractivity contribution in [2.45, 2.75) is 38.7 Å². The van der Waals surface area contributed by atoms with Gasteiger partial charge in [-0.15, -0.1) is 0 Å². The van der Waals surface area contributed by atoms with E-state index in [1.54, 1.807) is 7.11 Å². The van der Waals surface area contributed by atoms with Crippen molar-refractivity contribution in [1.82, 2.24) is 0 Å². The summed E-state index contributed by atoms with van der Waals surface area (Å²) < 4.78 is 5.37. The molecule has 0 aromatic heterocycles. The van der Waals surface area contributed by atoms with Gasteiger partial charge in [-0.1, -0.05) is 32.0 Å². The second kappa shape index (κ2) is 4.69. The number of benzene rings is 1. The predicted molar refractivity (Wildman–Crippen MR) is 69.1 cm³/mol. The Hall–Kier alpha value is -1.02. The number of hydrogen-bond acceptors (Lipinski definition) is 2. The van der Waals surface area contributed by atoms with Gasteiger partial charge in [-0.25, -0.2) is 0 Å². The molecule has 2 rings (SSSR count). The summed E-state index contributed by atoms with van der Waals surface area (Å²) in [4.78, 5) is 0. The molecule has 1 saturated carbocycles. The highest BCUT2D eigenvalue weighted by molar-refractivity contribution is 5.38. The zero-order chi connectivity index (χ0) is 12.5. The van der Waals surface area contributed by atoms with E-state index in [4.69, 9.17) is 4.74 Å². The zero-order valence-corrected chi connectivity index (χ0v) is 10.9. The fraction of sp³-hybridized carbons (Fsp3) is 0.600. The molecule has 3 unspecified atom stereocenters. The van der Waals surface area contributed by atoms with Gasteiger partial charge in [0.25, 0.3) is 0 Å². The van der Waals surface area contributed by atoms with E-state index >= 15 is 0 Å². The highest BCUT2D eigenvalue weighted by atomic mass is 16.5. The van der Waals surface area contributed by atoms with Crippen LogP contribution >= 0.6 is 0 Å². The molecule has 0 heterocycles. The summed E-state index contributed by atoms with van der Waals surface area (Å²) in [5.41, 5.74) is 0.236. The van der Waals surface area contributed by atoms with E-state index in [2.05, 4.69) is 13.8 Å². The van der Waals surface area contributed by atoms with Crippen molar-refractivity contribution in [3.8, 4) is 5.75 Å². The molecule has 0 bridgehead atoms. The lowest BCUT2D eigenvalue weighted by atomic mass is 9.70. The molecule has 2 nitrogen and oxygen atoms in total. The summed E-state index contributed by atoms with van der Waals surface area (Å²) in [6.07, 6.45) is 2.74. The molecule has 1 fully saturated rings. The maximum absolute atomic E-state index is 10.9. The Balaban J connectivity index is 2.32. The zero-order valence-electron chi connectivity index (χ0n) is 10.9. The van der Waals surface area contributed by atoms with Crippen molar-refractivity contribution in [2.24, 2.45) is 11.8 Å². The second-order valence-electron chi connectivity index (χ2n) is 5.43. The van der Waals surface area contributed by atoms with E-state index in [9.17, 15) is 5.11 Å². The molecule has 0 radical (unpaired) electrons. The molecule has 94 valence electrons. The molecular weight excluding hydrogens is 212 g/mol. The van der Waals surface area contributed by atoms with E-state index in [0.717, 1.165) is 30.6 Å². The smallest absolute Gasteiger partial charge is 0.124 e. The van der Waals surface area contributed by atoms with Gasteiger partial charge in [-0.2, -0.15) is 0 Å². The van der Waals surface area contributed by atoms with E-state index in [-0.39, 0.29) is 0 Å². The molecule has 1 N–H and O–H groups in total. The maximum Gasteiger partial charge on any atom is 0.124 e. The Labute approximate surface area is 104 Å². The molecule has 1 aromatic carbocycles. The van der Waals surface area contributed by atoms with Gasteiger partial charge >= 0.3 is 0 Å². The molecule has 0 aliphatic heterocycles. The van der Waals surface area contributed by atoms with Crippen molar-refractivity contribution < 1.29 is 9.84 Å². The largest absolute Gasteiger partial charge is 0.496 e. The Morgan fingerprint density at radius 1 is 1.24 bits per heavy atom. The number of hydrogen-bond donors (Lipinski definition) is 1. The highest BCUT2D eigenvalue weighted by Crippen LogP contribution is 2.45. The third kappa shape index (κ3) is 2.32. The van der Waals surface area contributed by atoms with Crippen LogP contribution in [0.5, 0.6) is 5.75 Å². The quantitative estimate of drug-likeness (QED) is 0.850. The number of aliphatic hydroxyl groups is 1. The summed E-state index contributed by atoms with van der Waals surface area (Å²) in [6.45, 7) is 4.50. The summed E-state index contributed by atoms with van der Waals surface area (Å²) in [6, 6.07) is 7.83. The van der Waals surface area contributed by atoms with Crippen LogP contribution in [0.15, 0.2) is 24.3 Å². The molecule has 0 amide bonds. The van der Waals surface area contributed by atoms with Gasteiger partial charge in [0.15, 0.2) is 0 Å². The van der Waals surface area contributed by atoms with Gasteiger partial charge in [-0.3, -0.25) is 0 Å². The van der Waals surface area contributed by atoms with Crippen molar-refractivity contribution >= 4 is 0 Å². The monoisotopic (exact) mass is 234 g/mol. The van der Waals surface area contributed by atoms with Crippen LogP contribution in [0.1, 0.15) is 38.7 Å². The lowest BCUT2D eigenvalue weighted by Crippen LogP contribution is -2.35. The number of ether oxygens (including phenoxy) is 1. The normalized spacial score (nSPS) is 33.4. The van der Waals surface area contributed by atoms with Crippen molar-refractivity contribution in [2.75, 3.05) is 7.11 Å². The highest BCUT2D eigenvalue weighted by Gasteiger charge is 2.38. The van der Waals surface area contributed by atoms with Gasteiger partial charge in [-0.05, 0) is 37.2 Å². The summed E-state index contributed by atoms with van der Waals surface area (Å²) in [5, 5.41) is 10.9. The minimum Gasteiger partial charge on any atom is -0.496 e. The van der Waals surface area contributed by atoms with Crippen LogP contribution in [0.25, 0.3) is 0 Å². The Bertz CT molecular complexity index is 388. The van der Waals surface area contributed by atoms with Crippen LogP contribution in [0.4, 0.5) is 0 Å². The first kappa shape index (κ1) is 12.4. The standard InChI is InChI=1S/C15H22O2/c1-11-8-9-15(16,10-12(11)2)13-6-4-5-7-14(13)17-3/h4-7,11-12,16H,8-10H2,1-3H3. The molecule has 0 spiro atoms. The molecule has 3 atom stereocenters. The molecule has 2 heteroatoms. The molecule has 1 aromatic rings. The van der Waals surface area contributed by atoms with Crippen LogP contribution < -0.4 is 4.74 Å². The van der Waals surface area contributed by atoms with E-state index in [1.807, 2.05) is 24.3 Å². The van der Waals surface area contributed by atoms with E-state index in [0.29, 0.717) is 11.8 Å². The average Bonchev–Trinajstić information content (AvgIpc) is 2.34. The third-order valence-corrected chi connectivity index (χ3v) is 4.25. The van der Waals surface area contributed by atoms with Crippen molar-refractivity contribution in [1.29, 1.82) is 0 Å². The summed E-state index contributed by atoms with van der Waals surface area (Å²) in [5.74, 6) is 2.06. The van der Waals surface area contributed by atoms with Gasteiger partial charge in [0.1, 0.15) is 5.75 Å². The van der Waals surface area contributed by atoms with Crippen LogP contribution in [0.2, 0.25) is 0 Å².